The number of sulfone groups is 1. The number of benzene rings is 1. The Morgan fingerprint density at radius 1 is 1.20 bits per heavy atom. The molecule has 1 saturated heterocycles. The van der Waals surface area contributed by atoms with Crippen LogP contribution in [0.2, 0.25) is 0 Å². The zero-order valence-electron chi connectivity index (χ0n) is 11.8. The molecule has 1 aromatic carbocycles. The fraction of sp³-hybridized carbons (Fsp3) is 0.571. The summed E-state index contributed by atoms with van der Waals surface area (Å²) in [6.07, 6.45) is 0.322. The van der Waals surface area contributed by atoms with Crippen molar-refractivity contribution in [2.75, 3.05) is 25.4 Å². The minimum Gasteiger partial charge on any atom is -0.373 e. The Balaban J connectivity index is 1.97. The topological polar surface area (TPSA) is 46.6 Å². The lowest BCUT2D eigenvalue weighted by Crippen LogP contribution is -2.46. The van der Waals surface area contributed by atoms with Crippen LogP contribution in [-0.4, -0.2) is 50.9 Å². The standard InChI is InChI=1S/C14H20BrNO3S/c1-11-9-16(10-12(2)19-11)7-8-20(17,18)14-5-3-13(15)4-6-14/h3-6,11-12H,7-10H2,1-2H3/t11-,12+. The zero-order chi connectivity index (χ0) is 14.8. The Hall–Kier alpha value is -0.430. The number of nitrogens with zero attached hydrogens (tertiary/aromatic N) is 1. The Labute approximate surface area is 129 Å². The fourth-order valence-electron chi connectivity index (χ4n) is 2.48. The molecule has 1 aliphatic rings. The molecule has 0 spiro atoms. The van der Waals surface area contributed by atoms with E-state index in [4.69, 9.17) is 4.74 Å². The molecular weight excluding hydrogens is 342 g/mol. The van der Waals surface area contributed by atoms with E-state index in [1.807, 2.05) is 13.8 Å². The molecule has 0 N–H and O–H groups in total. The van der Waals surface area contributed by atoms with Crippen molar-refractivity contribution >= 4 is 25.8 Å². The Kier molecular flexibility index (Phi) is 5.23. The summed E-state index contributed by atoms with van der Waals surface area (Å²) >= 11 is 3.31. The van der Waals surface area contributed by atoms with E-state index in [9.17, 15) is 8.42 Å². The summed E-state index contributed by atoms with van der Waals surface area (Å²) in [6.45, 7) is 6.18. The van der Waals surface area contributed by atoms with Crippen molar-refractivity contribution in [1.82, 2.24) is 4.90 Å². The van der Waals surface area contributed by atoms with Gasteiger partial charge in [-0.15, -0.1) is 0 Å². The van der Waals surface area contributed by atoms with Gasteiger partial charge in [-0.2, -0.15) is 0 Å². The largest absolute Gasteiger partial charge is 0.373 e. The molecule has 0 saturated carbocycles. The van der Waals surface area contributed by atoms with Crippen LogP contribution in [0.1, 0.15) is 13.8 Å². The zero-order valence-corrected chi connectivity index (χ0v) is 14.2. The van der Waals surface area contributed by atoms with E-state index in [-0.39, 0.29) is 18.0 Å². The van der Waals surface area contributed by atoms with Crippen molar-refractivity contribution < 1.29 is 13.2 Å². The van der Waals surface area contributed by atoms with Gasteiger partial charge in [0.05, 0.1) is 22.9 Å². The van der Waals surface area contributed by atoms with Crippen LogP contribution in [-0.2, 0) is 14.6 Å². The van der Waals surface area contributed by atoms with Gasteiger partial charge >= 0.3 is 0 Å². The van der Waals surface area contributed by atoms with Gasteiger partial charge in [0, 0.05) is 24.1 Å². The van der Waals surface area contributed by atoms with Crippen molar-refractivity contribution in [3.05, 3.63) is 28.7 Å². The highest BCUT2D eigenvalue weighted by Crippen LogP contribution is 2.17. The molecule has 112 valence electrons. The van der Waals surface area contributed by atoms with Crippen molar-refractivity contribution in [2.24, 2.45) is 0 Å². The van der Waals surface area contributed by atoms with Gasteiger partial charge < -0.3 is 4.74 Å². The summed E-state index contributed by atoms with van der Waals surface area (Å²) in [4.78, 5) is 2.55. The van der Waals surface area contributed by atoms with E-state index < -0.39 is 9.84 Å². The van der Waals surface area contributed by atoms with Crippen molar-refractivity contribution in [1.29, 1.82) is 0 Å². The van der Waals surface area contributed by atoms with Gasteiger partial charge in [-0.05, 0) is 38.1 Å². The van der Waals surface area contributed by atoms with Crippen molar-refractivity contribution in [3.63, 3.8) is 0 Å². The minimum atomic E-state index is -3.21. The third-order valence-electron chi connectivity index (χ3n) is 3.34. The highest BCUT2D eigenvalue weighted by molar-refractivity contribution is 9.10. The summed E-state index contributed by atoms with van der Waals surface area (Å²) in [5, 5.41) is 0. The van der Waals surface area contributed by atoms with Crippen molar-refractivity contribution in [2.45, 2.75) is 31.0 Å². The van der Waals surface area contributed by atoms with Crippen LogP contribution < -0.4 is 0 Å². The van der Waals surface area contributed by atoms with Crippen LogP contribution in [0.3, 0.4) is 0 Å². The van der Waals surface area contributed by atoms with Crippen LogP contribution >= 0.6 is 15.9 Å². The molecule has 0 unspecified atom stereocenters. The highest BCUT2D eigenvalue weighted by Gasteiger charge is 2.24. The maximum atomic E-state index is 12.3. The normalized spacial score (nSPS) is 24.8. The molecule has 2 rings (SSSR count). The quantitative estimate of drug-likeness (QED) is 0.825. The van der Waals surface area contributed by atoms with E-state index >= 15 is 0 Å². The first-order valence-electron chi connectivity index (χ1n) is 6.73. The predicted octanol–water partition coefficient (Wildman–Crippen LogP) is 2.33. The van der Waals surface area contributed by atoms with Gasteiger partial charge in [-0.3, -0.25) is 4.90 Å². The number of hydrogen-bond donors (Lipinski definition) is 0. The molecule has 0 aliphatic carbocycles. The molecule has 0 bridgehead atoms. The number of hydrogen-bond acceptors (Lipinski definition) is 4. The van der Waals surface area contributed by atoms with E-state index in [0.29, 0.717) is 11.4 Å². The van der Waals surface area contributed by atoms with Crippen LogP contribution in [0.25, 0.3) is 0 Å². The molecule has 1 heterocycles. The van der Waals surface area contributed by atoms with Gasteiger partial charge in [0.15, 0.2) is 9.84 Å². The molecule has 0 amide bonds. The van der Waals surface area contributed by atoms with E-state index in [1.165, 1.54) is 0 Å². The summed E-state index contributed by atoms with van der Waals surface area (Å²) in [6, 6.07) is 6.80. The number of ether oxygens (including phenoxy) is 1. The molecule has 1 aromatic rings. The first kappa shape index (κ1) is 15.9. The molecule has 1 aliphatic heterocycles. The molecule has 0 radical (unpaired) electrons. The number of morpholine rings is 1. The molecule has 1 fully saturated rings. The maximum absolute atomic E-state index is 12.3. The van der Waals surface area contributed by atoms with E-state index in [2.05, 4.69) is 20.8 Å². The minimum absolute atomic E-state index is 0.147. The Bertz CT molecular complexity index is 534. The van der Waals surface area contributed by atoms with Gasteiger partial charge in [-0.1, -0.05) is 15.9 Å². The predicted molar refractivity (Wildman–Crippen MR) is 82.6 cm³/mol. The SMILES string of the molecule is C[C@@H]1CN(CCS(=O)(=O)c2ccc(Br)cc2)C[C@H](C)O1. The van der Waals surface area contributed by atoms with Gasteiger partial charge in [0.25, 0.3) is 0 Å². The third kappa shape index (κ3) is 4.28. The van der Waals surface area contributed by atoms with Gasteiger partial charge in [0.1, 0.15) is 0 Å². The van der Waals surface area contributed by atoms with E-state index in [0.717, 1.165) is 17.6 Å². The molecule has 20 heavy (non-hydrogen) atoms. The summed E-state index contributed by atoms with van der Waals surface area (Å²) < 4.78 is 31.1. The van der Waals surface area contributed by atoms with Gasteiger partial charge in [0.2, 0.25) is 0 Å². The second-order valence-electron chi connectivity index (χ2n) is 5.29. The summed E-state index contributed by atoms with van der Waals surface area (Å²) in [5.74, 6) is 0.147. The fourth-order valence-corrected chi connectivity index (χ4v) is 4.03. The maximum Gasteiger partial charge on any atom is 0.179 e. The summed E-state index contributed by atoms with van der Waals surface area (Å²) in [7, 11) is -3.21. The molecule has 0 aromatic heterocycles. The monoisotopic (exact) mass is 361 g/mol. The summed E-state index contributed by atoms with van der Waals surface area (Å²) in [5.41, 5.74) is 0. The van der Waals surface area contributed by atoms with Crippen LogP contribution in [0.4, 0.5) is 0 Å². The molecular formula is C14H20BrNO3S. The Morgan fingerprint density at radius 3 is 2.30 bits per heavy atom. The molecule has 4 nitrogen and oxygen atoms in total. The lowest BCUT2D eigenvalue weighted by molar-refractivity contribution is -0.0662. The highest BCUT2D eigenvalue weighted by atomic mass is 79.9. The number of rotatable bonds is 4. The molecule has 2 atom stereocenters. The van der Waals surface area contributed by atoms with Crippen LogP contribution in [0.5, 0.6) is 0 Å². The first-order chi connectivity index (χ1) is 9.37. The third-order valence-corrected chi connectivity index (χ3v) is 5.58. The second kappa shape index (κ2) is 6.56. The first-order valence-corrected chi connectivity index (χ1v) is 9.17. The smallest absolute Gasteiger partial charge is 0.179 e. The lowest BCUT2D eigenvalue weighted by atomic mass is 10.2. The number of halogens is 1. The average molecular weight is 362 g/mol. The van der Waals surface area contributed by atoms with Crippen LogP contribution in [0, 0.1) is 0 Å². The van der Waals surface area contributed by atoms with Crippen molar-refractivity contribution in [3.8, 4) is 0 Å². The Morgan fingerprint density at radius 2 is 1.75 bits per heavy atom. The second-order valence-corrected chi connectivity index (χ2v) is 8.31. The average Bonchev–Trinajstić information content (AvgIpc) is 2.36. The van der Waals surface area contributed by atoms with E-state index in [1.54, 1.807) is 24.3 Å². The van der Waals surface area contributed by atoms with Crippen LogP contribution in [0.15, 0.2) is 33.6 Å². The van der Waals surface area contributed by atoms with Gasteiger partial charge in [-0.25, -0.2) is 8.42 Å². The molecule has 6 heteroatoms. The lowest BCUT2D eigenvalue weighted by Gasteiger charge is -2.35.